The quantitative estimate of drug-likeness (QED) is 0.0680. The summed E-state index contributed by atoms with van der Waals surface area (Å²) in [5.74, 6) is -2.96. The highest BCUT2D eigenvalue weighted by molar-refractivity contribution is 6.32. The van der Waals surface area contributed by atoms with E-state index >= 15 is 0 Å². The van der Waals surface area contributed by atoms with Crippen molar-refractivity contribution in [3.63, 3.8) is 0 Å². The topological polar surface area (TPSA) is 191 Å². The SMILES string of the molecule is C=CC(=O)Nc1ccc2ncnc(Nc3ccc(OCc4cccc(F)c4)c(Cl)c3)c2c1.O=C(O)c1cc2ccccc2c(Cc2c(O)c(C(=O)O)cc3ccccc23)c1O. The molecule has 8 aromatic rings. The molecule has 0 radical (unpaired) electrons. The summed E-state index contributed by atoms with van der Waals surface area (Å²) in [5, 5.41) is 49.8. The summed E-state index contributed by atoms with van der Waals surface area (Å²) in [6.45, 7) is 3.65. The number of carboxylic acid groups (broad SMARTS) is 2. The second-order valence-electron chi connectivity index (χ2n) is 13.6. The average Bonchev–Trinajstić information content (AvgIpc) is 3.25. The fourth-order valence-electron chi connectivity index (χ4n) is 6.73. The average molecular weight is 837 g/mol. The van der Waals surface area contributed by atoms with E-state index in [1.54, 1.807) is 97.1 Å². The van der Waals surface area contributed by atoms with Crippen LogP contribution >= 0.6 is 11.6 Å². The molecule has 0 aliphatic carbocycles. The number of phenols is 2. The van der Waals surface area contributed by atoms with E-state index in [0.717, 1.165) is 5.39 Å². The van der Waals surface area contributed by atoms with E-state index in [4.69, 9.17) is 16.3 Å². The Kier molecular flexibility index (Phi) is 12.0. The number of aromatic hydroxyl groups is 2. The van der Waals surface area contributed by atoms with Crippen LogP contribution in [0.3, 0.4) is 0 Å². The van der Waals surface area contributed by atoms with E-state index in [1.807, 2.05) is 0 Å². The smallest absolute Gasteiger partial charge is 0.339 e. The number of aromatic nitrogens is 2. The van der Waals surface area contributed by atoms with Gasteiger partial charge in [0.15, 0.2) is 0 Å². The minimum Gasteiger partial charge on any atom is -0.507 e. The lowest BCUT2D eigenvalue weighted by molar-refractivity contribution is -0.111. The lowest BCUT2D eigenvalue weighted by Crippen LogP contribution is -2.07. The summed E-state index contributed by atoms with van der Waals surface area (Å²) in [6.07, 6.45) is 2.61. The number of hydrogen-bond acceptors (Lipinski definition) is 9. The van der Waals surface area contributed by atoms with E-state index in [2.05, 4.69) is 27.2 Å². The molecule has 61 heavy (non-hydrogen) atoms. The van der Waals surface area contributed by atoms with Gasteiger partial charge in [-0.3, -0.25) is 4.79 Å². The van der Waals surface area contributed by atoms with Crippen LogP contribution in [0.2, 0.25) is 5.02 Å². The summed E-state index contributed by atoms with van der Waals surface area (Å²) in [6, 6.07) is 33.5. The number of aromatic carboxylic acids is 2. The zero-order chi connectivity index (χ0) is 43.2. The summed E-state index contributed by atoms with van der Waals surface area (Å²) in [5.41, 5.74) is 2.81. The summed E-state index contributed by atoms with van der Waals surface area (Å²) >= 11 is 6.38. The Morgan fingerprint density at radius 3 is 1.93 bits per heavy atom. The van der Waals surface area contributed by atoms with Crippen molar-refractivity contribution < 1.29 is 43.9 Å². The molecule has 7 aromatic carbocycles. The highest BCUT2D eigenvalue weighted by atomic mass is 35.5. The normalized spacial score (nSPS) is 10.8. The van der Waals surface area contributed by atoms with Gasteiger partial charge in [-0.2, -0.15) is 0 Å². The van der Waals surface area contributed by atoms with Gasteiger partial charge in [0.2, 0.25) is 5.91 Å². The van der Waals surface area contributed by atoms with Gasteiger partial charge in [-0.1, -0.05) is 78.8 Å². The van der Waals surface area contributed by atoms with Crippen LogP contribution in [0.4, 0.5) is 21.6 Å². The van der Waals surface area contributed by atoms with E-state index in [1.165, 1.54) is 36.7 Å². The number of nitrogens with one attached hydrogen (secondary N) is 2. The van der Waals surface area contributed by atoms with Gasteiger partial charge in [0.1, 0.15) is 52.9 Å². The minimum absolute atomic E-state index is 0.0407. The first-order valence-corrected chi connectivity index (χ1v) is 18.8. The molecule has 0 aliphatic heterocycles. The molecule has 1 aromatic heterocycles. The van der Waals surface area contributed by atoms with Gasteiger partial charge in [-0.15, -0.1) is 0 Å². The molecule has 8 rings (SSSR count). The van der Waals surface area contributed by atoms with E-state index in [-0.39, 0.29) is 35.9 Å². The summed E-state index contributed by atoms with van der Waals surface area (Å²) in [4.78, 5) is 43.4. The zero-order valence-corrected chi connectivity index (χ0v) is 32.7. The molecule has 0 aliphatic rings. The molecule has 304 valence electrons. The number of hydrogen-bond donors (Lipinski definition) is 6. The first kappa shape index (κ1) is 41.1. The molecule has 0 spiro atoms. The highest BCUT2D eigenvalue weighted by Crippen LogP contribution is 2.39. The number of carboxylic acids is 2. The molecule has 1 heterocycles. The number of ether oxygens (including phenoxy) is 1. The molecule has 0 unspecified atom stereocenters. The van der Waals surface area contributed by atoms with Crippen molar-refractivity contribution in [2.75, 3.05) is 10.6 Å². The van der Waals surface area contributed by atoms with Crippen molar-refractivity contribution in [2.24, 2.45) is 0 Å². The van der Waals surface area contributed by atoms with Gasteiger partial charge in [0.25, 0.3) is 0 Å². The predicted molar refractivity (Wildman–Crippen MR) is 232 cm³/mol. The van der Waals surface area contributed by atoms with Crippen LogP contribution < -0.4 is 15.4 Å². The van der Waals surface area contributed by atoms with Crippen LogP contribution in [0.15, 0.2) is 140 Å². The van der Waals surface area contributed by atoms with Gasteiger partial charge in [-0.25, -0.2) is 23.9 Å². The van der Waals surface area contributed by atoms with Crippen LogP contribution in [0.25, 0.3) is 32.4 Å². The first-order chi connectivity index (χ1) is 29.4. The van der Waals surface area contributed by atoms with E-state index in [0.29, 0.717) is 71.7 Å². The molecular weight excluding hydrogens is 803 g/mol. The first-order valence-electron chi connectivity index (χ1n) is 18.5. The van der Waals surface area contributed by atoms with E-state index < -0.39 is 23.4 Å². The number of carbonyl (C=O) groups is 3. The Bertz CT molecular complexity index is 2930. The predicted octanol–water partition coefficient (Wildman–Crippen LogP) is 10.3. The maximum atomic E-state index is 13.3. The van der Waals surface area contributed by atoms with Crippen molar-refractivity contribution in [3.8, 4) is 17.2 Å². The van der Waals surface area contributed by atoms with Crippen molar-refractivity contribution in [1.82, 2.24) is 9.97 Å². The number of halogens is 2. The number of fused-ring (bicyclic) bond motifs is 3. The molecule has 12 nitrogen and oxygen atoms in total. The summed E-state index contributed by atoms with van der Waals surface area (Å²) in [7, 11) is 0. The van der Waals surface area contributed by atoms with Crippen molar-refractivity contribution in [2.45, 2.75) is 13.0 Å². The second-order valence-corrected chi connectivity index (χ2v) is 14.0. The third-order valence-electron chi connectivity index (χ3n) is 9.63. The second kappa shape index (κ2) is 17.9. The Morgan fingerprint density at radius 1 is 0.721 bits per heavy atom. The van der Waals surface area contributed by atoms with Gasteiger partial charge < -0.3 is 35.8 Å². The Balaban J connectivity index is 0.000000185. The van der Waals surface area contributed by atoms with Crippen molar-refractivity contribution in [1.29, 1.82) is 0 Å². The number of carbonyl (C=O) groups excluding carboxylic acids is 1. The molecule has 0 fully saturated rings. The van der Waals surface area contributed by atoms with Crippen molar-refractivity contribution >= 4 is 79.1 Å². The lowest BCUT2D eigenvalue weighted by atomic mass is 9.90. The standard InChI is InChI=1S/C24H18ClFN4O2.C23H16O6/c1-2-23(31)29-17-6-8-21-19(11-17)24(28-14-27-21)30-18-7-9-22(20(25)12-18)32-13-15-4-3-5-16(26)10-15;24-20-16(14-7-3-1-5-12(14)9-18(20)22(26)27)11-17-15-8-4-2-6-13(15)10-19(21(17)25)23(28)29/h2-12,14H,1,13H2,(H,29,31)(H,27,28,30);1-10,24-25H,11H2,(H,26,27)(H,28,29). The van der Waals surface area contributed by atoms with Gasteiger partial charge in [0.05, 0.1) is 10.5 Å². The fraction of sp³-hybridized carbons (Fsp3) is 0.0426. The van der Waals surface area contributed by atoms with Gasteiger partial charge in [0, 0.05) is 34.3 Å². The minimum atomic E-state index is -1.28. The number of anilines is 3. The zero-order valence-electron chi connectivity index (χ0n) is 31.9. The number of amides is 1. The number of rotatable bonds is 11. The highest BCUT2D eigenvalue weighted by Gasteiger charge is 2.22. The van der Waals surface area contributed by atoms with Crippen molar-refractivity contribution in [3.05, 3.63) is 179 Å². The Morgan fingerprint density at radius 2 is 1.34 bits per heavy atom. The number of benzene rings is 7. The van der Waals surface area contributed by atoms with Crippen LogP contribution in [0.1, 0.15) is 37.4 Å². The lowest BCUT2D eigenvalue weighted by Gasteiger charge is -2.16. The van der Waals surface area contributed by atoms with Crippen LogP contribution in [-0.2, 0) is 17.8 Å². The van der Waals surface area contributed by atoms with Gasteiger partial charge >= 0.3 is 11.9 Å². The Labute approximate surface area is 351 Å². The third kappa shape index (κ3) is 9.17. The van der Waals surface area contributed by atoms with Gasteiger partial charge in [-0.05, 0) is 93.8 Å². The number of nitrogens with zero attached hydrogens (tertiary/aromatic N) is 2. The molecule has 0 saturated heterocycles. The molecule has 0 saturated carbocycles. The monoisotopic (exact) mass is 836 g/mol. The third-order valence-corrected chi connectivity index (χ3v) is 9.93. The maximum absolute atomic E-state index is 13.3. The molecule has 6 N–H and O–H groups in total. The maximum Gasteiger partial charge on any atom is 0.339 e. The molecule has 0 bridgehead atoms. The largest absolute Gasteiger partial charge is 0.507 e. The van der Waals surface area contributed by atoms with E-state index in [9.17, 15) is 39.2 Å². The molecule has 14 heteroatoms. The fourth-order valence-corrected chi connectivity index (χ4v) is 6.97. The van der Waals surface area contributed by atoms with Crippen LogP contribution in [0.5, 0.6) is 17.2 Å². The molecule has 0 atom stereocenters. The summed E-state index contributed by atoms with van der Waals surface area (Å²) < 4.78 is 19.0. The molecular formula is C47H34ClFN4O8. The molecule has 1 amide bonds. The van der Waals surface area contributed by atoms with Crippen LogP contribution in [-0.4, -0.2) is 48.2 Å². The Hall–Kier alpha value is -8.03. The van der Waals surface area contributed by atoms with Crippen LogP contribution in [0, 0.1) is 5.82 Å².